The minimum absolute atomic E-state index is 0.00894. The van der Waals surface area contributed by atoms with Crippen LogP contribution < -0.4 is 10.6 Å². The van der Waals surface area contributed by atoms with Gasteiger partial charge < -0.3 is 15.5 Å². The van der Waals surface area contributed by atoms with Gasteiger partial charge in [-0.3, -0.25) is 4.79 Å². The number of amides is 1. The van der Waals surface area contributed by atoms with Gasteiger partial charge in [-0.25, -0.2) is 0 Å². The lowest BCUT2D eigenvalue weighted by Crippen LogP contribution is -2.49. The molecule has 1 aromatic rings. The van der Waals surface area contributed by atoms with Crippen LogP contribution in [0.3, 0.4) is 0 Å². The van der Waals surface area contributed by atoms with Crippen LogP contribution in [0.15, 0.2) is 24.3 Å². The summed E-state index contributed by atoms with van der Waals surface area (Å²) >= 11 is 0. The standard InChI is InChI=1S/C16H22F3N3O/c1-12(20)5-6-15(23)22-9-7-21(8-10-22)14-4-2-3-13(11-14)16(17,18)19/h2-4,11-12H,5-10,20H2,1H3. The van der Waals surface area contributed by atoms with E-state index in [0.717, 1.165) is 12.1 Å². The molecule has 0 aliphatic carbocycles. The van der Waals surface area contributed by atoms with Gasteiger partial charge in [0.1, 0.15) is 0 Å². The SMILES string of the molecule is CC(N)CCC(=O)N1CCN(c2cccc(C(F)(F)F)c2)CC1. The average Bonchev–Trinajstić information content (AvgIpc) is 2.52. The van der Waals surface area contributed by atoms with Gasteiger partial charge in [0.15, 0.2) is 0 Å². The molecule has 0 radical (unpaired) electrons. The number of piperazine rings is 1. The fourth-order valence-corrected chi connectivity index (χ4v) is 2.60. The Morgan fingerprint density at radius 1 is 1.26 bits per heavy atom. The zero-order valence-corrected chi connectivity index (χ0v) is 13.1. The van der Waals surface area contributed by atoms with Crippen molar-refractivity contribution in [3.05, 3.63) is 29.8 Å². The van der Waals surface area contributed by atoms with Gasteiger partial charge in [0.05, 0.1) is 5.56 Å². The summed E-state index contributed by atoms with van der Waals surface area (Å²) < 4.78 is 38.3. The Balaban J connectivity index is 1.93. The molecule has 1 heterocycles. The molecule has 2 rings (SSSR count). The molecule has 4 nitrogen and oxygen atoms in total. The summed E-state index contributed by atoms with van der Waals surface area (Å²) in [5.74, 6) is 0.0611. The molecule has 1 saturated heterocycles. The van der Waals surface area contributed by atoms with Crippen molar-refractivity contribution in [3.8, 4) is 0 Å². The monoisotopic (exact) mass is 329 g/mol. The van der Waals surface area contributed by atoms with Crippen LogP contribution >= 0.6 is 0 Å². The van der Waals surface area contributed by atoms with Crippen LogP contribution in [-0.4, -0.2) is 43.0 Å². The zero-order valence-electron chi connectivity index (χ0n) is 13.1. The first-order valence-corrected chi connectivity index (χ1v) is 7.73. The third-order valence-corrected chi connectivity index (χ3v) is 3.98. The first kappa shape index (κ1) is 17.6. The number of carbonyl (C=O) groups excluding carboxylic acids is 1. The molecule has 1 aromatic carbocycles. The van der Waals surface area contributed by atoms with E-state index in [1.54, 1.807) is 11.0 Å². The molecule has 23 heavy (non-hydrogen) atoms. The zero-order chi connectivity index (χ0) is 17.0. The van der Waals surface area contributed by atoms with E-state index < -0.39 is 11.7 Å². The molecule has 1 aliphatic heterocycles. The highest BCUT2D eigenvalue weighted by molar-refractivity contribution is 5.76. The molecule has 1 unspecified atom stereocenters. The van der Waals surface area contributed by atoms with Crippen LogP contribution in [-0.2, 0) is 11.0 Å². The number of anilines is 1. The molecule has 128 valence electrons. The van der Waals surface area contributed by atoms with E-state index in [-0.39, 0.29) is 11.9 Å². The molecule has 0 aromatic heterocycles. The van der Waals surface area contributed by atoms with Crippen LogP contribution in [0.1, 0.15) is 25.3 Å². The molecule has 2 N–H and O–H groups in total. The van der Waals surface area contributed by atoms with Gasteiger partial charge in [0, 0.05) is 44.3 Å². The normalized spacial score (nSPS) is 17.3. The summed E-state index contributed by atoms with van der Waals surface area (Å²) in [4.78, 5) is 15.7. The summed E-state index contributed by atoms with van der Waals surface area (Å²) in [6.07, 6.45) is -3.28. The molecule has 0 bridgehead atoms. The number of nitrogens with two attached hydrogens (primary N) is 1. The molecular formula is C16H22F3N3O. The first-order chi connectivity index (χ1) is 10.8. The molecule has 0 saturated carbocycles. The van der Waals surface area contributed by atoms with Gasteiger partial charge in [-0.2, -0.15) is 13.2 Å². The van der Waals surface area contributed by atoms with Crippen molar-refractivity contribution in [3.63, 3.8) is 0 Å². The fourth-order valence-electron chi connectivity index (χ4n) is 2.60. The highest BCUT2D eigenvalue weighted by Gasteiger charge is 2.31. The fraction of sp³-hybridized carbons (Fsp3) is 0.562. The lowest BCUT2D eigenvalue weighted by molar-refractivity contribution is -0.137. The average molecular weight is 329 g/mol. The van der Waals surface area contributed by atoms with E-state index in [0.29, 0.717) is 44.7 Å². The Kier molecular flexibility index (Phi) is 5.51. The van der Waals surface area contributed by atoms with Gasteiger partial charge in [-0.1, -0.05) is 6.07 Å². The number of rotatable bonds is 4. The van der Waals surface area contributed by atoms with Gasteiger partial charge in [-0.15, -0.1) is 0 Å². The quantitative estimate of drug-likeness (QED) is 0.923. The maximum Gasteiger partial charge on any atom is 0.416 e. The van der Waals surface area contributed by atoms with Crippen LogP contribution in [0.4, 0.5) is 18.9 Å². The van der Waals surface area contributed by atoms with Crippen molar-refractivity contribution in [2.24, 2.45) is 5.73 Å². The van der Waals surface area contributed by atoms with Crippen molar-refractivity contribution in [1.29, 1.82) is 0 Å². The topological polar surface area (TPSA) is 49.6 Å². The van der Waals surface area contributed by atoms with Crippen molar-refractivity contribution >= 4 is 11.6 Å². The molecule has 7 heteroatoms. The maximum absolute atomic E-state index is 12.8. The van der Waals surface area contributed by atoms with Crippen molar-refractivity contribution in [2.75, 3.05) is 31.1 Å². The second-order valence-corrected chi connectivity index (χ2v) is 5.93. The van der Waals surface area contributed by atoms with E-state index in [4.69, 9.17) is 5.73 Å². The van der Waals surface area contributed by atoms with Crippen LogP contribution in [0.25, 0.3) is 0 Å². The van der Waals surface area contributed by atoms with Crippen molar-refractivity contribution < 1.29 is 18.0 Å². The number of hydrogen-bond acceptors (Lipinski definition) is 3. The summed E-state index contributed by atoms with van der Waals surface area (Å²) in [7, 11) is 0. The number of benzene rings is 1. The molecule has 1 amide bonds. The van der Waals surface area contributed by atoms with Gasteiger partial charge >= 0.3 is 6.18 Å². The Bertz CT molecular complexity index is 538. The van der Waals surface area contributed by atoms with E-state index in [1.807, 2.05) is 11.8 Å². The number of carbonyl (C=O) groups is 1. The Morgan fingerprint density at radius 3 is 2.48 bits per heavy atom. The molecule has 1 fully saturated rings. The van der Waals surface area contributed by atoms with Crippen LogP contribution in [0, 0.1) is 0 Å². The third kappa shape index (κ3) is 4.86. The molecule has 1 atom stereocenters. The maximum atomic E-state index is 12.8. The summed E-state index contributed by atoms with van der Waals surface area (Å²) in [6.45, 7) is 3.97. The number of hydrogen-bond donors (Lipinski definition) is 1. The van der Waals surface area contributed by atoms with Gasteiger partial charge in [0.25, 0.3) is 0 Å². The second-order valence-electron chi connectivity index (χ2n) is 5.93. The van der Waals surface area contributed by atoms with Gasteiger partial charge in [-0.05, 0) is 31.5 Å². The number of alkyl halides is 3. The first-order valence-electron chi connectivity index (χ1n) is 7.73. The summed E-state index contributed by atoms with van der Waals surface area (Å²) in [5.41, 5.74) is 5.54. The highest BCUT2D eigenvalue weighted by atomic mass is 19.4. The van der Waals surface area contributed by atoms with E-state index in [9.17, 15) is 18.0 Å². The van der Waals surface area contributed by atoms with Gasteiger partial charge in [0.2, 0.25) is 5.91 Å². The second kappa shape index (κ2) is 7.21. The van der Waals surface area contributed by atoms with Crippen molar-refractivity contribution in [1.82, 2.24) is 4.90 Å². The highest BCUT2D eigenvalue weighted by Crippen LogP contribution is 2.31. The van der Waals surface area contributed by atoms with Crippen molar-refractivity contribution in [2.45, 2.75) is 32.0 Å². The third-order valence-electron chi connectivity index (χ3n) is 3.98. The molecular weight excluding hydrogens is 307 g/mol. The van der Waals surface area contributed by atoms with Crippen LogP contribution in [0.5, 0.6) is 0 Å². The largest absolute Gasteiger partial charge is 0.416 e. The Labute approximate surface area is 134 Å². The molecule has 1 aliphatic rings. The predicted molar refractivity (Wildman–Crippen MR) is 83.1 cm³/mol. The lowest BCUT2D eigenvalue weighted by atomic mass is 10.1. The van der Waals surface area contributed by atoms with Crippen LogP contribution in [0.2, 0.25) is 0 Å². The predicted octanol–water partition coefficient (Wildman–Crippen LogP) is 2.48. The summed E-state index contributed by atoms with van der Waals surface area (Å²) in [6, 6.07) is 5.30. The number of nitrogens with zero attached hydrogens (tertiary/aromatic N) is 2. The minimum atomic E-state index is -4.34. The molecule has 0 spiro atoms. The van der Waals surface area contributed by atoms with E-state index in [2.05, 4.69) is 0 Å². The number of halogens is 3. The lowest BCUT2D eigenvalue weighted by Gasteiger charge is -2.36. The Morgan fingerprint density at radius 2 is 1.91 bits per heavy atom. The minimum Gasteiger partial charge on any atom is -0.368 e. The Hall–Kier alpha value is -1.76. The summed E-state index contributed by atoms with van der Waals surface area (Å²) in [5, 5.41) is 0. The van der Waals surface area contributed by atoms with E-state index >= 15 is 0 Å². The van der Waals surface area contributed by atoms with E-state index in [1.165, 1.54) is 6.07 Å². The smallest absolute Gasteiger partial charge is 0.368 e.